The first-order valence-corrected chi connectivity index (χ1v) is 7.94. The van der Waals surface area contributed by atoms with E-state index in [1.54, 1.807) is 0 Å². The van der Waals surface area contributed by atoms with Crippen LogP contribution in [0, 0.1) is 6.92 Å². The topological polar surface area (TPSA) is 76.7 Å². The van der Waals surface area contributed by atoms with Gasteiger partial charge in [-0.1, -0.05) is 13.3 Å². The highest BCUT2D eigenvalue weighted by atomic mass is 19.4. The van der Waals surface area contributed by atoms with Crippen molar-refractivity contribution in [3.8, 4) is 17.1 Å². The van der Waals surface area contributed by atoms with Gasteiger partial charge in [-0.25, -0.2) is 4.79 Å². The van der Waals surface area contributed by atoms with Gasteiger partial charge in [0, 0.05) is 5.56 Å². The Bertz CT molecular complexity index is 943. The summed E-state index contributed by atoms with van der Waals surface area (Å²) in [5.74, 6) is -2.09. The van der Waals surface area contributed by atoms with E-state index in [0.29, 0.717) is 12.8 Å². The number of ether oxygens (including phenoxy) is 1. The van der Waals surface area contributed by atoms with Crippen molar-refractivity contribution in [2.75, 3.05) is 0 Å². The number of aromatic carboxylic acids is 1. The lowest BCUT2D eigenvalue weighted by molar-refractivity contribution is -0.137. The molecule has 138 valence electrons. The number of hydrogen-bond donors (Lipinski definition) is 1. The summed E-state index contributed by atoms with van der Waals surface area (Å²) >= 11 is 0. The van der Waals surface area contributed by atoms with Gasteiger partial charge in [0.05, 0.1) is 16.7 Å². The minimum absolute atomic E-state index is 0.0496. The predicted molar refractivity (Wildman–Crippen MR) is 85.4 cm³/mol. The van der Waals surface area contributed by atoms with E-state index >= 15 is 0 Å². The normalized spacial score (nSPS) is 15.8. The van der Waals surface area contributed by atoms with Crippen molar-refractivity contribution in [1.29, 1.82) is 0 Å². The molecule has 0 aliphatic carbocycles. The largest absolute Gasteiger partial charge is 0.485 e. The zero-order valence-electron chi connectivity index (χ0n) is 13.9. The molecule has 1 aliphatic heterocycles. The van der Waals surface area contributed by atoms with Gasteiger partial charge in [-0.2, -0.15) is 13.2 Å². The molecule has 0 spiro atoms. The van der Waals surface area contributed by atoms with E-state index in [1.807, 2.05) is 6.92 Å². The van der Waals surface area contributed by atoms with Gasteiger partial charge >= 0.3 is 12.1 Å². The molecule has 8 heteroatoms. The van der Waals surface area contributed by atoms with Crippen LogP contribution in [0.15, 0.2) is 27.4 Å². The van der Waals surface area contributed by atoms with Crippen LogP contribution in [0.3, 0.4) is 0 Å². The quantitative estimate of drug-likeness (QED) is 0.859. The Kier molecular flexibility index (Phi) is 4.29. The van der Waals surface area contributed by atoms with E-state index in [-0.39, 0.29) is 28.2 Å². The number of carbonyl (C=O) groups is 1. The minimum Gasteiger partial charge on any atom is -0.485 e. The Labute approximate surface area is 146 Å². The summed E-state index contributed by atoms with van der Waals surface area (Å²) in [6, 6.07) is 2.80. The smallest absolute Gasteiger partial charge is 0.416 e. The highest BCUT2D eigenvalue weighted by molar-refractivity contribution is 5.87. The van der Waals surface area contributed by atoms with Gasteiger partial charge in [-0.15, -0.1) is 0 Å². The second kappa shape index (κ2) is 6.19. The fourth-order valence-electron chi connectivity index (χ4n) is 3.00. The maximum atomic E-state index is 13.0. The number of carboxylic acids is 1. The van der Waals surface area contributed by atoms with E-state index in [2.05, 4.69) is 0 Å². The van der Waals surface area contributed by atoms with Crippen LogP contribution >= 0.6 is 0 Å². The Hall–Kier alpha value is -2.77. The van der Waals surface area contributed by atoms with E-state index in [1.165, 1.54) is 6.92 Å². The maximum absolute atomic E-state index is 13.0. The third-order valence-electron chi connectivity index (χ3n) is 4.26. The second-order valence-corrected chi connectivity index (χ2v) is 6.04. The summed E-state index contributed by atoms with van der Waals surface area (Å²) in [5.41, 5.74) is -1.24. The minimum atomic E-state index is -4.56. The van der Waals surface area contributed by atoms with Crippen molar-refractivity contribution in [2.45, 2.75) is 39.0 Å². The monoisotopic (exact) mass is 368 g/mol. The number of carboxylic acid groups (broad SMARTS) is 1. The molecule has 0 saturated carbocycles. The predicted octanol–water partition coefficient (Wildman–Crippen LogP) is 4.57. The van der Waals surface area contributed by atoms with Crippen molar-refractivity contribution in [3.63, 3.8) is 0 Å². The van der Waals surface area contributed by atoms with Crippen molar-refractivity contribution >= 4 is 5.97 Å². The van der Waals surface area contributed by atoms with Crippen LogP contribution in [0.25, 0.3) is 11.3 Å². The van der Waals surface area contributed by atoms with E-state index in [0.717, 1.165) is 18.2 Å². The molecule has 1 unspecified atom stereocenters. The first-order valence-electron chi connectivity index (χ1n) is 7.94. The average molecular weight is 368 g/mol. The molecule has 2 heterocycles. The second-order valence-electron chi connectivity index (χ2n) is 6.04. The SMILES string of the molecule is CCCC1Oc2cc(C(F)(F)F)ccc2-c2oc(C(=O)O)c(C)c(=O)c21. The molecule has 26 heavy (non-hydrogen) atoms. The van der Waals surface area contributed by atoms with Crippen LogP contribution in [0.5, 0.6) is 5.75 Å². The van der Waals surface area contributed by atoms with Crippen molar-refractivity contribution < 1.29 is 32.2 Å². The van der Waals surface area contributed by atoms with Crippen LogP contribution in [-0.2, 0) is 6.18 Å². The van der Waals surface area contributed by atoms with Gasteiger partial charge in [0.25, 0.3) is 0 Å². The number of hydrogen-bond acceptors (Lipinski definition) is 4. The third-order valence-corrected chi connectivity index (χ3v) is 4.26. The standard InChI is InChI=1S/C18H15F3O5/c1-3-4-11-13-14(22)8(2)15(17(23)24)26-16(13)10-6-5-9(18(19,20)21)7-12(10)25-11/h5-7,11H,3-4H2,1-2H3,(H,23,24). The van der Waals surface area contributed by atoms with Crippen LogP contribution in [0.4, 0.5) is 13.2 Å². The molecule has 0 amide bonds. The van der Waals surface area contributed by atoms with Crippen molar-refractivity contribution in [2.24, 2.45) is 0 Å². The third kappa shape index (κ3) is 2.85. The molecule has 1 aliphatic rings. The highest BCUT2D eigenvalue weighted by Crippen LogP contribution is 2.45. The fourth-order valence-corrected chi connectivity index (χ4v) is 3.00. The van der Waals surface area contributed by atoms with Crippen LogP contribution in [-0.4, -0.2) is 11.1 Å². The summed E-state index contributed by atoms with van der Waals surface area (Å²) in [4.78, 5) is 24.0. The van der Waals surface area contributed by atoms with Crippen LogP contribution in [0.1, 0.15) is 53.1 Å². The molecule has 0 saturated heterocycles. The molecule has 1 atom stereocenters. The lowest BCUT2D eigenvalue weighted by atomic mass is 9.93. The number of rotatable bonds is 3. The lowest BCUT2D eigenvalue weighted by Gasteiger charge is -2.28. The number of benzene rings is 1. The van der Waals surface area contributed by atoms with E-state index < -0.39 is 35.0 Å². The summed E-state index contributed by atoms with van der Waals surface area (Å²) in [5, 5.41) is 9.25. The van der Waals surface area contributed by atoms with E-state index in [4.69, 9.17) is 9.15 Å². The summed E-state index contributed by atoms with van der Waals surface area (Å²) in [7, 11) is 0. The molecule has 5 nitrogen and oxygen atoms in total. The first-order chi connectivity index (χ1) is 12.1. The average Bonchev–Trinajstić information content (AvgIpc) is 2.56. The molecule has 0 bridgehead atoms. The molecular weight excluding hydrogens is 353 g/mol. The van der Waals surface area contributed by atoms with Crippen molar-refractivity contribution in [3.05, 3.63) is 50.9 Å². The lowest BCUT2D eigenvalue weighted by Crippen LogP contribution is -2.26. The van der Waals surface area contributed by atoms with Crippen molar-refractivity contribution in [1.82, 2.24) is 0 Å². The summed E-state index contributed by atoms with van der Waals surface area (Å²) in [6.07, 6.45) is -4.38. The molecule has 0 fully saturated rings. The Morgan fingerprint density at radius 1 is 1.31 bits per heavy atom. The molecule has 1 N–H and O–H groups in total. The van der Waals surface area contributed by atoms with Gasteiger partial charge in [-0.05, 0) is 31.5 Å². The first kappa shape index (κ1) is 18.0. The summed E-state index contributed by atoms with van der Waals surface area (Å²) < 4.78 is 50.0. The molecule has 1 aromatic heterocycles. The molecule has 2 aromatic rings. The molecule has 3 rings (SSSR count). The molecule has 0 radical (unpaired) electrons. The van der Waals surface area contributed by atoms with Gasteiger partial charge in [-0.3, -0.25) is 4.79 Å². The molecule has 1 aromatic carbocycles. The fraction of sp³-hybridized carbons (Fsp3) is 0.333. The number of alkyl halides is 3. The maximum Gasteiger partial charge on any atom is 0.416 e. The molecular formula is C18H15F3O5. The van der Waals surface area contributed by atoms with Gasteiger partial charge in [0.1, 0.15) is 17.6 Å². The Morgan fingerprint density at radius 3 is 2.58 bits per heavy atom. The zero-order valence-corrected chi connectivity index (χ0v) is 13.9. The van der Waals surface area contributed by atoms with Crippen LogP contribution < -0.4 is 10.2 Å². The van der Waals surface area contributed by atoms with Gasteiger partial charge < -0.3 is 14.3 Å². The number of fused-ring (bicyclic) bond motifs is 3. The van der Waals surface area contributed by atoms with Gasteiger partial charge in [0.2, 0.25) is 5.76 Å². The Morgan fingerprint density at radius 2 is 2.00 bits per heavy atom. The Balaban J connectivity index is 2.30. The van der Waals surface area contributed by atoms with E-state index in [9.17, 15) is 27.9 Å². The van der Waals surface area contributed by atoms with Gasteiger partial charge in [0.15, 0.2) is 5.43 Å². The highest BCUT2D eigenvalue weighted by Gasteiger charge is 2.36. The zero-order chi connectivity index (χ0) is 19.2. The number of halogens is 3. The van der Waals surface area contributed by atoms with Crippen LogP contribution in [0.2, 0.25) is 0 Å². The summed E-state index contributed by atoms with van der Waals surface area (Å²) in [6.45, 7) is 3.17.